The first-order valence-corrected chi connectivity index (χ1v) is 6.79. The molecule has 0 aromatic heterocycles. The van der Waals surface area contributed by atoms with Crippen LogP contribution in [0.5, 0.6) is 0 Å². The zero-order valence-corrected chi connectivity index (χ0v) is 10.3. The van der Waals surface area contributed by atoms with Crippen molar-refractivity contribution in [3.63, 3.8) is 0 Å². The summed E-state index contributed by atoms with van der Waals surface area (Å²) in [5, 5.41) is 9.96. The van der Waals surface area contributed by atoms with Crippen LogP contribution in [0.15, 0.2) is 30.3 Å². The molecule has 1 aliphatic carbocycles. The summed E-state index contributed by atoms with van der Waals surface area (Å²) in [6.07, 6.45) is 4.89. The van der Waals surface area contributed by atoms with Crippen molar-refractivity contribution in [2.75, 3.05) is 6.54 Å². The first kappa shape index (κ1) is 11.2. The standard InChI is InChI=1S/C15H21NO/c17-14-9-13-7-4-8-15(13)16(11-14)10-12-5-2-1-3-6-12/h1-3,5-6,13-15,17H,4,7-11H2/t13-,14+,15-/m1/s1. The van der Waals surface area contributed by atoms with Crippen molar-refractivity contribution >= 4 is 0 Å². The Balaban J connectivity index is 1.73. The summed E-state index contributed by atoms with van der Waals surface area (Å²) in [6, 6.07) is 11.4. The van der Waals surface area contributed by atoms with E-state index in [1.54, 1.807) is 0 Å². The van der Waals surface area contributed by atoms with E-state index in [1.165, 1.54) is 24.8 Å². The molecule has 3 rings (SSSR count). The van der Waals surface area contributed by atoms with E-state index < -0.39 is 0 Å². The smallest absolute Gasteiger partial charge is 0.0670 e. The zero-order valence-electron chi connectivity index (χ0n) is 10.3. The fourth-order valence-corrected chi connectivity index (χ4v) is 3.60. The summed E-state index contributed by atoms with van der Waals surface area (Å²) in [4.78, 5) is 2.50. The molecule has 2 heteroatoms. The molecule has 3 atom stereocenters. The van der Waals surface area contributed by atoms with E-state index in [0.29, 0.717) is 0 Å². The molecular weight excluding hydrogens is 210 g/mol. The minimum absolute atomic E-state index is 0.113. The number of aliphatic hydroxyl groups is 1. The molecule has 1 heterocycles. The van der Waals surface area contributed by atoms with Crippen LogP contribution in [0.1, 0.15) is 31.2 Å². The molecule has 0 bridgehead atoms. The first-order valence-electron chi connectivity index (χ1n) is 6.79. The van der Waals surface area contributed by atoms with E-state index in [4.69, 9.17) is 0 Å². The van der Waals surface area contributed by atoms with Gasteiger partial charge in [-0.05, 0) is 30.7 Å². The molecule has 0 amide bonds. The van der Waals surface area contributed by atoms with Crippen LogP contribution in [-0.4, -0.2) is 28.7 Å². The highest BCUT2D eigenvalue weighted by molar-refractivity contribution is 5.15. The van der Waals surface area contributed by atoms with E-state index in [-0.39, 0.29) is 6.10 Å². The topological polar surface area (TPSA) is 23.5 Å². The highest BCUT2D eigenvalue weighted by atomic mass is 16.3. The Bertz CT molecular complexity index is 364. The van der Waals surface area contributed by atoms with E-state index in [2.05, 4.69) is 35.2 Å². The molecular formula is C15H21NO. The Kier molecular flexibility index (Phi) is 3.17. The molecule has 1 N–H and O–H groups in total. The van der Waals surface area contributed by atoms with Crippen LogP contribution in [0.3, 0.4) is 0 Å². The second-order valence-electron chi connectivity index (χ2n) is 5.56. The summed E-state index contributed by atoms with van der Waals surface area (Å²) in [5.41, 5.74) is 1.37. The van der Waals surface area contributed by atoms with E-state index in [9.17, 15) is 5.11 Å². The number of β-amino-alcohol motifs (C(OH)–C–C–N with tert-alkyl or cyclic N) is 1. The predicted molar refractivity (Wildman–Crippen MR) is 68.6 cm³/mol. The largest absolute Gasteiger partial charge is 0.392 e. The van der Waals surface area contributed by atoms with Crippen LogP contribution in [0, 0.1) is 5.92 Å². The van der Waals surface area contributed by atoms with Gasteiger partial charge in [0.15, 0.2) is 0 Å². The van der Waals surface area contributed by atoms with Crippen molar-refractivity contribution in [3.8, 4) is 0 Å². The number of hydrogen-bond donors (Lipinski definition) is 1. The molecule has 0 radical (unpaired) electrons. The number of benzene rings is 1. The quantitative estimate of drug-likeness (QED) is 0.845. The Morgan fingerprint density at radius 1 is 1.18 bits per heavy atom. The number of aliphatic hydroxyl groups excluding tert-OH is 1. The van der Waals surface area contributed by atoms with Gasteiger partial charge in [0, 0.05) is 19.1 Å². The Morgan fingerprint density at radius 2 is 2.00 bits per heavy atom. The SMILES string of the molecule is O[C@H]1C[C@H]2CCC[C@H]2N(Cc2ccccc2)C1. The number of fused-ring (bicyclic) bond motifs is 1. The minimum atomic E-state index is -0.113. The van der Waals surface area contributed by atoms with Crippen molar-refractivity contribution in [3.05, 3.63) is 35.9 Å². The lowest BCUT2D eigenvalue weighted by Crippen LogP contribution is -2.47. The molecule has 2 fully saturated rings. The molecule has 1 saturated heterocycles. The Morgan fingerprint density at radius 3 is 2.82 bits per heavy atom. The summed E-state index contributed by atoms with van der Waals surface area (Å²) in [6.45, 7) is 1.86. The fraction of sp³-hybridized carbons (Fsp3) is 0.600. The molecule has 1 aromatic rings. The van der Waals surface area contributed by atoms with Crippen LogP contribution in [-0.2, 0) is 6.54 Å². The first-order chi connectivity index (χ1) is 8.33. The van der Waals surface area contributed by atoms with Crippen LogP contribution in [0.2, 0.25) is 0 Å². The summed E-state index contributed by atoms with van der Waals surface area (Å²) >= 11 is 0. The summed E-state index contributed by atoms with van der Waals surface area (Å²) in [5.74, 6) is 0.738. The van der Waals surface area contributed by atoms with Crippen molar-refractivity contribution in [2.24, 2.45) is 5.92 Å². The molecule has 92 valence electrons. The molecule has 1 saturated carbocycles. The lowest BCUT2D eigenvalue weighted by Gasteiger charge is -2.40. The van der Waals surface area contributed by atoms with Crippen LogP contribution in [0.25, 0.3) is 0 Å². The van der Waals surface area contributed by atoms with Gasteiger partial charge in [-0.1, -0.05) is 36.8 Å². The number of piperidine rings is 1. The van der Waals surface area contributed by atoms with Crippen molar-refractivity contribution in [1.29, 1.82) is 0 Å². The molecule has 1 aliphatic heterocycles. The third kappa shape index (κ3) is 2.38. The predicted octanol–water partition coefficient (Wildman–Crippen LogP) is 2.42. The highest BCUT2D eigenvalue weighted by Crippen LogP contribution is 2.37. The third-order valence-corrected chi connectivity index (χ3v) is 4.34. The maximum atomic E-state index is 9.96. The molecule has 2 aliphatic rings. The van der Waals surface area contributed by atoms with E-state index in [0.717, 1.165) is 31.5 Å². The average molecular weight is 231 g/mol. The van der Waals surface area contributed by atoms with Gasteiger partial charge in [-0.15, -0.1) is 0 Å². The Hall–Kier alpha value is -0.860. The van der Waals surface area contributed by atoms with E-state index in [1.807, 2.05) is 0 Å². The molecule has 0 spiro atoms. The minimum Gasteiger partial charge on any atom is -0.392 e. The second-order valence-corrected chi connectivity index (χ2v) is 5.56. The van der Waals surface area contributed by atoms with Crippen LogP contribution < -0.4 is 0 Å². The highest BCUT2D eigenvalue weighted by Gasteiger charge is 2.38. The van der Waals surface area contributed by atoms with Crippen molar-refractivity contribution in [2.45, 2.75) is 44.4 Å². The van der Waals surface area contributed by atoms with Crippen molar-refractivity contribution in [1.82, 2.24) is 4.90 Å². The summed E-state index contributed by atoms with van der Waals surface area (Å²) in [7, 11) is 0. The normalized spacial score (nSPS) is 33.6. The van der Waals surface area contributed by atoms with Gasteiger partial charge in [0.05, 0.1) is 6.10 Å². The number of rotatable bonds is 2. The monoisotopic (exact) mass is 231 g/mol. The number of nitrogens with zero attached hydrogens (tertiary/aromatic N) is 1. The third-order valence-electron chi connectivity index (χ3n) is 4.34. The molecule has 0 unspecified atom stereocenters. The fourth-order valence-electron chi connectivity index (χ4n) is 3.60. The van der Waals surface area contributed by atoms with Gasteiger partial charge < -0.3 is 5.11 Å². The van der Waals surface area contributed by atoms with Crippen LogP contribution in [0.4, 0.5) is 0 Å². The summed E-state index contributed by atoms with van der Waals surface area (Å²) < 4.78 is 0. The van der Waals surface area contributed by atoms with E-state index >= 15 is 0 Å². The molecule has 2 nitrogen and oxygen atoms in total. The average Bonchev–Trinajstić information content (AvgIpc) is 2.78. The number of hydrogen-bond acceptors (Lipinski definition) is 2. The lowest BCUT2D eigenvalue weighted by molar-refractivity contribution is 0.00562. The second kappa shape index (κ2) is 4.79. The zero-order chi connectivity index (χ0) is 11.7. The molecule has 17 heavy (non-hydrogen) atoms. The van der Waals surface area contributed by atoms with Crippen molar-refractivity contribution < 1.29 is 5.11 Å². The van der Waals surface area contributed by atoms with Crippen LogP contribution >= 0.6 is 0 Å². The van der Waals surface area contributed by atoms with Gasteiger partial charge in [-0.3, -0.25) is 4.90 Å². The molecule has 1 aromatic carbocycles. The maximum Gasteiger partial charge on any atom is 0.0670 e. The van der Waals surface area contributed by atoms with Gasteiger partial charge in [0.25, 0.3) is 0 Å². The van der Waals surface area contributed by atoms with Gasteiger partial charge >= 0.3 is 0 Å². The number of likely N-dealkylation sites (tertiary alicyclic amines) is 1. The Labute approximate surface area is 103 Å². The van der Waals surface area contributed by atoms with Gasteiger partial charge in [0.1, 0.15) is 0 Å². The maximum absolute atomic E-state index is 9.96. The lowest BCUT2D eigenvalue weighted by atomic mass is 9.90. The van der Waals surface area contributed by atoms with Gasteiger partial charge in [-0.25, -0.2) is 0 Å². The van der Waals surface area contributed by atoms with Gasteiger partial charge in [-0.2, -0.15) is 0 Å². The van der Waals surface area contributed by atoms with Gasteiger partial charge in [0.2, 0.25) is 0 Å².